The number of ether oxygens (including phenoxy) is 1. The van der Waals surface area contributed by atoms with Crippen LogP contribution in [-0.4, -0.2) is 11.9 Å². The molecule has 1 aliphatic rings. The zero-order valence-corrected chi connectivity index (χ0v) is 13.4. The normalized spacial score (nSPS) is 15.8. The van der Waals surface area contributed by atoms with E-state index < -0.39 is 5.97 Å². The Bertz CT molecular complexity index is 1030. The lowest BCUT2D eigenvalue weighted by Crippen LogP contribution is -2.05. The van der Waals surface area contributed by atoms with Crippen LogP contribution in [0.3, 0.4) is 0 Å². The monoisotopic (exact) mass is 325 g/mol. The number of rotatable bonds is 3. The van der Waals surface area contributed by atoms with Gasteiger partial charge in [-0.2, -0.15) is 0 Å². The summed E-state index contributed by atoms with van der Waals surface area (Å²) >= 11 is 0. The van der Waals surface area contributed by atoms with Gasteiger partial charge in [-0.3, -0.25) is 0 Å². The highest BCUT2D eigenvalue weighted by Gasteiger charge is 2.23. The lowest BCUT2D eigenvalue weighted by atomic mass is 10.1. The molecule has 0 radical (unpaired) electrons. The molecule has 120 valence electrons. The van der Waals surface area contributed by atoms with Crippen LogP contribution in [0.2, 0.25) is 0 Å². The first-order valence-electron chi connectivity index (χ1n) is 8.03. The minimum absolute atomic E-state index is 0.301. The van der Waals surface area contributed by atoms with Crippen LogP contribution in [0.25, 0.3) is 16.8 Å². The highest BCUT2D eigenvalue weighted by atomic mass is 16.6. The first kappa shape index (κ1) is 15.1. The van der Waals surface area contributed by atoms with Gasteiger partial charge < -0.3 is 4.74 Å². The largest absolute Gasteiger partial charge is 0.402 e. The molecule has 1 aliphatic heterocycles. The number of nitrogens with zero attached hydrogens (tertiary/aromatic N) is 1. The van der Waals surface area contributed by atoms with Gasteiger partial charge in [0.2, 0.25) is 5.90 Å². The number of carbonyl (C=O) groups excluding carboxylic acids is 1. The van der Waals surface area contributed by atoms with Crippen LogP contribution in [0.1, 0.15) is 11.1 Å². The van der Waals surface area contributed by atoms with Crippen molar-refractivity contribution in [3.63, 3.8) is 0 Å². The molecule has 0 atom stereocenters. The van der Waals surface area contributed by atoms with Gasteiger partial charge in [0.05, 0.1) is 0 Å². The second kappa shape index (κ2) is 6.57. The van der Waals surface area contributed by atoms with E-state index in [9.17, 15) is 4.79 Å². The standard InChI is InChI=1S/C22H15NO2/c24-22-20(12-6-9-16-7-2-1-3-8-16)23-21(25-22)19-14-13-17-10-4-5-11-18(17)15-19/h1-15H/b9-6+,20-12+. The van der Waals surface area contributed by atoms with Gasteiger partial charge in [-0.15, -0.1) is 0 Å². The molecule has 0 N–H and O–H groups in total. The third-order valence-electron chi connectivity index (χ3n) is 3.96. The molecule has 0 aliphatic carbocycles. The summed E-state index contributed by atoms with van der Waals surface area (Å²) in [5.41, 5.74) is 2.15. The second-order valence-corrected chi connectivity index (χ2v) is 5.69. The van der Waals surface area contributed by atoms with Gasteiger partial charge in [-0.25, -0.2) is 9.79 Å². The molecule has 0 fully saturated rings. The molecule has 3 aromatic carbocycles. The zero-order chi connectivity index (χ0) is 17.1. The van der Waals surface area contributed by atoms with Crippen LogP contribution in [0.5, 0.6) is 0 Å². The summed E-state index contributed by atoms with van der Waals surface area (Å²) in [6.45, 7) is 0. The van der Waals surface area contributed by atoms with Crippen molar-refractivity contribution in [3.8, 4) is 0 Å². The Kier molecular flexibility index (Phi) is 3.97. The third-order valence-corrected chi connectivity index (χ3v) is 3.96. The molecule has 0 saturated carbocycles. The number of benzene rings is 3. The zero-order valence-electron chi connectivity index (χ0n) is 13.4. The summed E-state index contributed by atoms with van der Waals surface area (Å²) in [6, 6.07) is 23.8. The van der Waals surface area contributed by atoms with E-state index in [0.29, 0.717) is 11.6 Å². The first-order chi connectivity index (χ1) is 12.3. The van der Waals surface area contributed by atoms with Gasteiger partial charge in [0.1, 0.15) is 0 Å². The van der Waals surface area contributed by atoms with Gasteiger partial charge in [-0.1, -0.05) is 72.8 Å². The number of cyclic esters (lactones) is 1. The first-order valence-corrected chi connectivity index (χ1v) is 8.03. The Morgan fingerprint density at radius 2 is 1.60 bits per heavy atom. The van der Waals surface area contributed by atoms with Crippen molar-refractivity contribution in [2.75, 3.05) is 0 Å². The fourth-order valence-electron chi connectivity index (χ4n) is 2.68. The van der Waals surface area contributed by atoms with Gasteiger partial charge in [0.25, 0.3) is 0 Å². The number of esters is 1. The van der Waals surface area contributed by atoms with Crippen molar-refractivity contribution in [3.05, 3.63) is 102 Å². The van der Waals surface area contributed by atoms with Crippen molar-refractivity contribution in [2.45, 2.75) is 0 Å². The fraction of sp³-hybridized carbons (Fsp3) is 0. The van der Waals surface area contributed by atoms with Gasteiger partial charge >= 0.3 is 5.97 Å². The molecular weight excluding hydrogens is 310 g/mol. The summed E-state index contributed by atoms with van der Waals surface area (Å²) in [4.78, 5) is 16.4. The minimum Gasteiger partial charge on any atom is -0.402 e. The Morgan fingerprint density at radius 3 is 2.44 bits per heavy atom. The van der Waals surface area contributed by atoms with Crippen LogP contribution in [0, 0.1) is 0 Å². The highest BCUT2D eigenvalue weighted by Crippen LogP contribution is 2.21. The van der Waals surface area contributed by atoms with E-state index in [1.807, 2.05) is 78.9 Å². The van der Waals surface area contributed by atoms with Crippen LogP contribution in [0.15, 0.2) is 95.6 Å². The topological polar surface area (TPSA) is 38.7 Å². The molecule has 4 rings (SSSR count). The van der Waals surface area contributed by atoms with Gasteiger partial charge in [-0.05, 0) is 34.5 Å². The number of hydrogen-bond donors (Lipinski definition) is 0. The van der Waals surface area contributed by atoms with Crippen molar-refractivity contribution < 1.29 is 9.53 Å². The lowest BCUT2D eigenvalue weighted by Gasteiger charge is -2.02. The Labute approximate surface area is 145 Å². The summed E-state index contributed by atoms with van der Waals surface area (Å²) < 4.78 is 5.32. The smallest absolute Gasteiger partial charge is 0.363 e. The van der Waals surface area contributed by atoms with E-state index in [0.717, 1.165) is 21.9 Å². The van der Waals surface area contributed by atoms with Crippen molar-refractivity contribution in [2.24, 2.45) is 4.99 Å². The maximum atomic E-state index is 12.0. The lowest BCUT2D eigenvalue weighted by molar-refractivity contribution is -0.130. The quantitative estimate of drug-likeness (QED) is 0.515. The van der Waals surface area contributed by atoms with Gasteiger partial charge in [0, 0.05) is 5.56 Å². The molecule has 3 nitrogen and oxygen atoms in total. The Hall–Kier alpha value is -3.46. The molecule has 3 heteroatoms. The minimum atomic E-state index is -0.430. The third kappa shape index (κ3) is 3.26. The number of carbonyl (C=O) groups is 1. The predicted molar refractivity (Wildman–Crippen MR) is 100 cm³/mol. The molecule has 0 saturated heterocycles. The van der Waals surface area contributed by atoms with Crippen LogP contribution >= 0.6 is 0 Å². The Balaban J connectivity index is 1.60. The summed E-state index contributed by atoms with van der Waals surface area (Å²) in [7, 11) is 0. The van der Waals surface area contributed by atoms with E-state index >= 15 is 0 Å². The highest BCUT2D eigenvalue weighted by molar-refractivity contribution is 6.12. The van der Waals surface area contributed by atoms with Crippen LogP contribution in [0.4, 0.5) is 0 Å². The molecule has 0 amide bonds. The SMILES string of the molecule is O=C1OC(c2ccc3ccccc3c2)=N/C1=C/C=C/c1ccccc1. The maximum absolute atomic E-state index is 12.0. The number of aliphatic imine (C=N–C) groups is 1. The van der Waals surface area contributed by atoms with E-state index in [1.165, 1.54) is 0 Å². The van der Waals surface area contributed by atoms with E-state index in [1.54, 1.807) is 12.2 Å². The van der Waals surface area contributed by atoms with E-state index in [-0.39, 0.29) is 0 Å². The van der Waals surface area contributed by atoms with Crippen molar-refractivity contribution >= 4 is 28.7 Å². The van der Waals surface area contributed by atoms with Gasteiger partial charge in [0.15, 0.2) is 5.70 Å². The second-order valence-electron chi connectivity index (χ2n) is 5.69. The number of fused-ring (bicyclic) bond motifs is 1. The average Bonchev–Trinajstić information content (AvgIpc) is 3.03. The van der Waals surface area contributed by atoms with E-state index in [4.69, 9.17) is 4.74 Å². The molecule has 0 unspecified atom stereocenters. The fourth-order valence-corrected chi connectivity index (χ4v) is 2.68. The van der Waals surface area contributed by atoms with E-state index in [2.05, 4.69) is 4.99 Å². The molecule has 0 aromatic heterocycles. The molecule has 0 bridgehead atoms. The maximum Gasteiger partial charge on any atom is 0.363 e. The van der Waals surface area contributed by atoms with Crippen molar-refractivity contribution in [1.82, 2.24) is 0 Å². The number of allylic oxidation sites excluding steroid dienone is 2. The molecule has 0 spiro atoms. The Morgan fingerprint density at radius 1 is 0.840 bits per heavy atom. The predicted octanol–water partition coefficient (Wildman–Crippen LogP) is 4.74. The number of hydrogen-bond acceptors (Lipinski definition) is 3. The molecule has 1 heterocycles. The summed E-state index contributed by atoms with van der Waals surface area (Å²) in [5.74, 6) is -0.0871. The molecule has 25 heavy (non-hydrogen) atoms. The van der Waals surface area contributed by atoms with Crippen LogP contribution < -0.4 is 0 Å². The van der Waals surface area contributed by atoms with Crippen LogP contribution in [-0.2, 0) is 9.53 Å². The van der Waals surface area contributed by atoms with Crippen molar-refractivity contribution in [1.29, 1.82) is 0 Å². The average molecular weight is 325 g/mol. The molecule has 3 aromatic rings. The summed E-state index contributed by atoms with van der Waals surface area (Å²) in [6.07, 6.45) is 5.39. The molecular formula is C22H15NO2. The summed E-state index contributed by atoms with van der Waals surface area (Å²) in [5, 5.41) is 2.22.